The first-order valence-electron chi connectivity index (χ1n) is 25.2. The first-order chi connectivity index (χ1) is 38.9. The second kappa shape index (κ2) is 36.8. The summed E-state index contributed by atoms with van der Waals surface area (Å²) in [6.45, 7) is 3.81. The van der Waals surface area contributed by atoms with Crippen LogP contribution >= 0.6 is 0 Å². The summed E-state index contributed by atoms with van der Waals surface area (Å²) in [5.41, 5.74) is 32.8. The van der Waals surface area contributed by atoms with Crippen LogP contribution in [-0.4, -0.2) is 141 Å². The van der Waals surface area contributed by atoms with Crippen LogP contribution < -0.4 is 28.7 Å². The summed E-state index contributed by atoms with van der Waals surface area (Å²) in [7, 11) is 0. The third kappa shape index (κ3) is 27.1. The van der Waals surface area contributed by atoms with Gasteiger partial charge in [0.15, 0.2) is 0 Å². The maximum atomic E-state index is 11.1. The van der Waals surface area contributed by atoms with Gasteiger partial charge in [0.25, 0.3) is 0 Å². The monoisotopic (exact) mass is 1160 g/mol. The Labute approximate surface area is 476 Å². The molecule has 0 aromatic heterocycles. The lowest BCUT2D eigenvalue weighted by Crippen LogP contribution is -2.43. The normalized spacial score (nSPS) is 14.0. The van der Waals surface area contributed by atoms with Gasteiger partial charge in [-0.3, -0.25) is 47.9 Å². The average molecular weight is 1160 g/mol. The van der Waals surface area contributed by atoms with E-state index in [1.807, 2.05) is 62.4 Å². The van der Waals surface area contributed by atoms with Crippen molar-refractivity contribution >= 4 is 59.7 Å². The molecule has 5 aromatic rings. The molecule has 0 radical (unpaired) electrons. The Morgan fingerprint density at radius 1 is 0.289 bits per heavy atom. The van der Waals surface area contributed by atoms with Gasteiger partial charge in [0.2, 0.25) is 0 Å². The van der Waals surface area contributed by atoms with Gasteiger partial charge in [-0.15, -0.1) is 0 Å². The lowest BCUT2D eigenvalue weighted by atomic mass is 9.91. The molecule has 3 unspecified atom stereocenters. The Bertz CT molecular complexity index is 2700. The summed E-state index contributed by atoms with van der Waals surface area (Å²) in [6, 6.07) is 34.5. The highest BCUT2D eigenvalue weighted by molar-refractivity contribution is 5.85. The fourth-order valence-electron chi connectivity index (χ4n) is 7.80. The van der Waals surface area contributed by atoms with Crippen molar-refractivity contribution < 1.29 is 99.0 Å². The van der Waals surface area contributed by atoms with E-state index in [2.05, 4.69) is 0 Å². The maximum Gasteiger partial charge on any atom is 0.321 e. The Balaban J connectivity index is 0.000000519. The van der Waals surface area contributed by atoms with Gasteiger partial charge in [-0.25, -0.2) is 0 Å². The third-order valence-electron chi connectivity index (χ3n) is 12.4. The molecule has 448 valence electrons. The molecule has 83 heavy (non-hydrogen) atoms. The Morgan fingerprint density at radius 2 is 0.494 bits per heavy atom. The van der Waals surface area contributed by atoms with Crippen molar-refractivity contribution in [3.63, 3.8) is 0 Å². The van der Waals surface area contributed by atoms with E-state index in [0.29, 0.717) is 6.42 Å². The molecule has 0 fully saturated rings. The number of rotatable bonds is 26. The molecule has 0 aliphatic carbocycles. The molecule has 0 saturated carbocycles. The van der Waals surface area contributed by atoms with Crippen LogP contribution in [0.15, 0.2) is 140 Å². The lowest BCUT2D eigenvalue weighted by Gasteiger charge is -2.17. The smallest absolute Gasteiger partial charge is 0.321 e. The predicted molar refractivity (Wildman–Crippen MR) is 299 cm³/mol. The van der Waals surface area contributed by atoms with Crippen molar-refractivity contribution in [1.82, 2.24) is 0 Å². The number of aliphatic carboxylic acids is 10. The van der Waals surface area contributed by atoms with Crippen molar-refractivity contribution in [1.29, 1.82) is 0 Å². The minimum absolute atomic E-state index is 0.115. The summed E-state index contributed by atoms with van der Waals surface area (Å²) in [5.74, 6) is -18.0. The van der Waals surface area contributed by atoms with Crippen LogP contribution in [0.4, 0.5) is 0 Å². The lowest BCUT2D eigenvalue weighted by molar-refractivity contribution is -0.150. The van der Waals surface area contributed by atoms with Crippen molar-refractivity contribution in [3.05, 3.63) is 178 Å². The number of carboxylic acid groups (broad SMARTS) is 10. The van der Waals surface area contributed by atoms with E-state index >= 15 is 0 Å². The number of nitrogens with two attached hydrogens (primary N) is 5. The molecule has 0 aliphatic rings. The molecule has 10 atom stereocenters. The van der Waals surface area contributed by atoms with Gasteiger partial charge in [-0.05, 0) is 80.2 Å². The predicted octanol–water partition coefficient (Wildman–Crippen LogP) is 2.72. The van der Waals surface area contributed by atoms with E-state index in [9.17, 15) is 47.9 Å². The van der Waals surface area contributed by atoms with Gasteiger partial charge < -0.3 is 79.7 Å². The van der Waals surface area contributed by atoms with Gasteiger partial charge >= 0.3 is 59.7 Å². The minimum atomic E-state index is -1.40. The fourth-order valence-corrected chi connectivity index (χ4v) is 7.80. The Morgan fingerprint density at radius 3 is 0.711 bits per heavy atom. The molecule has 0 bridgehead atoms. The fraction of sp³-hybridized carbons (Fsp3) is 0.310. The second-order valence-electron chi connectivity index (χ2n) is 18.8. The molecular weight excluding hydrogens is 1090 g/mol. The highest BCUT2D eigenvalue weighted by Crippen LogP contribution is 2.18. The molecule has 0 spiro atoms. The highest BCUT2D eigenvalue weighted by atomic mass is 16.4. The Hall–Kier alpha value is -9.40. The van der Waals surface area contributed by atoms with Crippen molar-refractivity contribution in [2.75, 3.05) is 0 Å². The van der Waals surface area contributed by atoms with Gasteiger partial charge in [0.05, 0.1) is 29.6 Å². The summed E-state index contributed by atoms with van der Waals surface area (Å²) >= 11 is 0. The summed E-state index contributed by atoms with van der Waals surface area (Å²) in [6.07, 6.45) is 1.17. The van der Waals surface area contributed by atoms with Gasteiger partial charge in [-0.2, -0.15) is 0 Å². The molecule has 20 N–H and O–H groups in total. The van der Waals surface area contributed by atoms with E-state index < -0.39 is 119 Å². The van der Waals surface area contributed by atoms with Crippen molar-refractivity contribution in [2.24, 2.45) is 58.3 Å². The van der Waals surface area contributed by atoms with Crippen LogP contribution in [-0.2, 0) is 80.0 Å². The zero-order chi connectivity index (χ0) is 63.1. The van der Waals surface area contributed by atoms with Crippen LogP contribution in [0.1, 0.15) is 45.4 Å². The molecule has 5 rings (SSSR count). The summed E-state index contributed by atoms with van der Waals surface area (Å²) < 4.78 is 0. The number of aryl methyl sites for hydroxylation is 3. The van der Waals surface area contributed by atoms with Gasteiger partial charge in [0.1, 0.15) is 30.2 Å². The number of hydrogen-bond acceptors (Lipinski definition) is 15. The quantitative estimate of drug-likeness (QED) is 0.0378. The van der Waals surface area contributed by atoms with Crippen molar-refractivity contribution in [2.45, 2.75) is 82.6 Å². The third-order valence-corrected chi connectivity index (χ3v) is 12.4. The number of hydrogen-bond donors (Lipinski definition) is 15. The summed E-state index contributed by atoms with van der Waals surface area (Å²) in [4.78, 5) is 108. The molecule has 5 aromatic carbocycles. The largest absolute Gasteiger partial charge is 0.481 e. The zero-order valence-electron chi connectivity index (χ0n) is 45.2. The van der Waals surface area contributed by atoms with Crippen molar-refractivity contribution in [3.8, 4) is 0 Å². The van der Waals surface area contributed by atoms with E-state index in [1.165, 1.54) is 0 Å². The first kappa shape index (κ1) is 71.6. The van der Waals surface area contributed by atoms with E-state index in [-0.39, 0.29) is 32.1 Å². The van der Waals surface area contributed by atoms with Crippen LogP contribution in [0, 0.1) is 43.4 Å². The van der Waals surface area contributed by atoms with Gasteiger partial charge in [0, 0.05) is 0 Å². The Kier molecular flexibility index (Phi) is 31.7. The van der Waals surface area contributed by atoms with Gasteiger partial charge in [-0.1, -0.05) is 151 Å². The molecule has 0 aliphatic heterocycles. The molecule has 25 heteroatoms. The van der Waals surface area contributed by atoms with E-state index in [0.717, 1.165) is 38.9 Å². The SMILES string of the molecule is Cc1cc(C)cc(CC(C(=O)O)[C@H](N)C(=O)O)c1.N[C@H](C(=O)O)C(CCc1ccccc1)C(=O)O.N[C@H](C(=O)O)C(Cc1ccccc1)C(=O)O.N[C@H](C(=O)O)[C@@H](Cc1ccccc1)C(=O)O.N[C@H](C(=O)O)[C@H](Cc1ccccc1)C(=O)O. The molecule has 0 heterocycles. The van der Waals surface area contributed by atoms with Crippen LogP contribution in [0.3, 0.4) is 0 Å². The highest BCUT2D eigenvalue weighted by Gasteiger charge is 2.34. The van der Waals surface area contributed by atoms with E-state index in [1.54, 1.807) is 91.0 Å². The average Bonchev–Trinajstić information content (AvgIpc) is 3.43. The molecule has 25 nitrogen and oxygen atoms in total. The van der Waals surface area contributed by atoms with Crippen LogP contribution in [0.25, 0.3) is 0 Å². The standard InChI is InChI=1S/C13H17NO4.C12H15NO4.3C11H13NO4/c1-7-3-8(2)5-9(4-7)6-10(12(15)16)11(14)13(17)18;13-10(12(16)17)9(11(14)15)7-6-8-4-2-1-3-5-8;3*12-9(11(15)16)8(10(13)14)6-7-4-2-1-3-5-7/h3-5,10-11H,6,14H2,1-2H3,(H,15,16)(H,17,18);1-5,9-10H,6-7,13H2,(H,14,15)(H,16,17);3*1-5,8-9H,6,12H2,(H,13,14)(H,15,16)/t10?,11-;9?,10-;8?,9-;8-,9+;8-,9-/m00010/s1. The maximum absolute atomic E-state index is 11.1. The topological polar surface area (TPSA) is 503 Å². The molecular formula is C58H71N5O20. The number of carboxylic acids is 10. The number of carbonyl (C=O) groups is 10. The summed E-state index contributed by atoms with van der Waals surface area (Å²) in [5, 5.41) is 88.3. The minimum Gasteiger partial charge on any atom is -0.481 e. The first-order valence-corrected chi connectivity index (χ1v) is 25.2. The van der Waals surface area contributed by atoms with E-state index in [4.69, 9.17) is 79.7 Å². The molecule has 0 saturated heterocycles. The zero-order valence-corrected chi connectivity index (χ0v) is 45.2. The second-order valence-corrected chi connectivity index (χ2v) is 18.8. The van der Waals surface area contributed by atoms with Crippen LogP contribution in [0.5, 0.6) is 0 Å². The van der Waals surface area contributed by atoms with Crippen LogP contribution in [0.2, 0.25) is 0 Å². The number of benzene rings is 5. The molecule has 0 amide bonds.